The number of hydrogen-bond donors (Lipinski definition) is 2. The number of furan rings is 1. The standard InChI is InChI=1S/C13H24N2O/c1-11(2)9-14-7-4-8-15-10-13-6-5-12(3)16-13/h5-6,11,14-15H,4,7-10H2,1-3H3. The summed E-state index contributed by atoms with van der Waals surface area (Å²) >= 11 is 0. The fourth-order valence-electron chi connectivity index (χ4n) is 1.52. The van der Waals surface area contributed by atoms with E-state index in [0.29, 0.717) is 0 Å². The molecule has 0 aliphatic rings. The second-order valence-corrected chi connectivity index (χ2v) is 4.64. The van der Waals surface area contributed by atoms with Gasteiger partial charge in [-0.3, -0.25) is 0 Å². The van der Waals surface area contributed by atoms with Crippen LogP contribution in [0.15, 0.2) is 16.5 Å². The molecule has 1 aromatic heterocycles. The van der Waals surface area contributed by atoms with Gasteiger partial charge in [0, 0.05) is 0 Å². The summed E-state index contributed by atoms with van der Waals surface area (Å²) in [6.07, 6.45) is 1.16. The number of rotatable bonds is 8. The van der Waals surface area contributed by atoms with E-state index >= 15 is 0 Å². The summed E-state index contributed by atoms with van der Waals surface area (Å²) in [7, 11) is 0. The third kappa shape index (κ3) is 5.93. The van der Waals surface area contributed by atoms with Gasteiger partial charge in [0.1, 0.15) is 11.5 Å². The minimum atomic E-state index is 0.735. The molecule has 1 aromatic rings. The molecule has 0 unspecified atom stereocenters. The molecule has 0 atom stereocenters. The lowest BCUT2D eigenvalue weighted by Crippen LogP contribution is -2.24. The van der Waals surface area contributed by atoms with Crippen LogP contribution >= 0.6 is 0 Å². The van der Waals surface area contributed by atoms with E-state index in [2.05, 4.69) is 24.5 Å². The zero-order valence-corrected chi connectivity index (χ0v) is 10.7. The van der Waals surface area contributed by atoms with Crippen molar-refractivity contribution in [2.24, 2.45) is 5.92 Å². The van der Waals surface area contributed by atoms with Gasteiger partial charge in [-0.1, -0.05) is 13.8 Å². The first-order chi connectivity index (χ1) is 7.68. The maximum atomic E-state index is 5.46. The van der Waals surface area contributed by atoms with Crippen molar-refractivity contribution in [2.45, 2.75) is 33.7 Å². The highest BCUT2D eigenvalue weighted by Crippen LogP contribution is 2.05. The molecule has 0 radical (unpaired) electrons. The highest BCUT2D eigenvalue weighted by atomic mass is 16.3. The summed E-state index contributed by atoms with van der Waals surface area (Å²) in [4.78, 5) is 0. The molecular weight excluding hydrogens is 200 g/mol. The Labute approximate surface area is 98.6 Å². The average molecular weight is 224 g/mol. The van der Waals surface area contributed by atoms with Gasteiger partial charge in [0.25, 0.3) is 0 Å². The van der Waals surface area contributed by atoms with Crippen LogP contribution in [-0.4, -0.2) is 19.6 Å². The van der Waals surface area contributed by atoms with Gasteiger partial charge in [-0.15, -0.1) is 0 Å². The molecule has 0 aliphatic carbocycles. The summed E-state index contributed by atoms with van der Waals surface area (Å²) in [5.41, 5.74) is 0. The van der Waals surface area contributed by atoms with Gasteiger partial charge >= 0.3 is 0 Å². The van der Waals surface area contributed by atoms with Crippen molar-refractivity contribution in [2.75, 3.05) is 19.6 Å². The molecular formula is C13H24N2O. The van der Waals surface area contributed by atoms with E-state index in [1.165, 1.54) is 0 Å². The lowest BCUT2D eigenvalue weighted by molar-refractivity contribution is 0.457. The maximum Gasteiger partial charge on any atom is 0.117 e. The fraction of sp³-hybridized carbons (Fsp3) is 0.692. The minimum absolute atomic E-state index is 0.735. The highest BCUT2D eigenvalue weighted by Gasteiger charge is 1.97. The Morgan fingerprint density at radius 3 is 2.56 bits per heavy atom. The van der Waals surface area contributed by atoms with E-state index in [0.717, 1.165) is 50.0 Å². The molecule has 0 amide bonds. The molecule has 1 heterocycles. The Balaban J connectivity index is 1.92. The Bertz CT molecular complexity index is 281. The normalized spacial score (nSPS) is 11.2. The molecule has 1 rings (SSSR count). The van der Waals surface area contributed by atoms with Crippen molar-refractivity contribution < 1.29 is 4.42 Å². The molecule has 0 aromatic carbocycles. The second-order valence-electron chi connectivity index (χ2n) is 4.64. The molecule has 0 aliphatic heterocycles. The second kappa shape index (κ2) is 7.47. The van der Waals surface area contributed by atoms with E-state index in [4.69, 9.17) is 4.42 Å². The summed E-state index contributed by atoms with van der Waals surface area (Å²) in [6, 6.07) is 4.03. The van der Waals surface area contributed by atoms with Gasteiger partial charge in [-0.05, 0) is 51.0 Å². The van der Waals surface area contributed by atoms with Crippen LogP contribution in [0, 0.1) is 12.8 Å². The van der Waals surface area contributed by atoms with Gasteiger partial charge in [-0.2, -0.15) is 0 Å². The van der Waals surface area contributed by atoms with E-state index in [1.54, 1.807) is 0 Å². The molecule has 3 heteroatoms. The third-order valence-electron chi connectivity index (χ3n) is 2.35. The number of hydrogen-bond acceptors (Lipinski definition) is 3. The van der Waals surface area contributed by atoms with E-state index in [-0.39, 0.29) is 0 Å². The van der Waals surface area contributed by atoms with Crippen molar-refractivity contribution in [1.29, 1.82) is 0 Å². The smallest absolute Gasteiger partial charge is 0.117 e. The van der Waals surface area contributed by atoms with E-state index in [9.17, 15) is 0 Å². The van der Waals surface area contributed by atoms with Gasteiger partial charge in [0.2, 0.25) is 0 Å². The van der Waals surface area contributed by atoms with Crippen LogP contribution in [-0.2, 0) is 6.54 Å². The van der Waals surface area contributed by atoms with Crippen LogP contribution in [0.2, 0.25) is 0 Å². The maximum absolute atomic E-state index is 5.46. The van der Waals surface area contributed by atoms with Crippen molar-refractivity contribution >= 4 is 0 Å². The third-order valence-corrected chi connectivity index (χ3v) is 2.35. The Morgan fingerprint density at radius 1 is 1.19 bits per heavy atom. The van der Waals surface area contributed by atoms with Gasteiger partial charge < -0.3 is 15.1 Å². The van der Waals surface area contributed by atoms with E-state index < -0.39 is 0 Å². The van der Waals surface area contributed by atoms with Crippen molar-refractivity contribution in [3.8, 4) is 0 Å². The van der Waals surface area contributed by atoms with Gasteiger partial charge in [-0.25, -0.2) is 0 Å². The van der Waals surface area contributed by atoms with Crippen molar-refractivity contribution in [1.82, 2.24) is 10.6 Å². The lowest BCUT2D eigenvalue weighted by atomic mass is 10.2. The SMILES string of the molecule is Cc1ccc(CNCCCNCC(C)C)o1. The van der Waals surface area contributed by atoms with E-state index in [1.807, 2.05) is 19.1 Å². The zero-order valence-electron chi connectivity index (χ0n) is 10.7. The average Bonchev–Trinajstić information content (AvgIpc) is 2.62. The molecule has 0 bridgehead atoms. The monoisotopic (exact) mass is 224 g/mol. The molecule has 92 valence electrons. The van der Waals surface area contributed by atoms with Crippen LogP contribution in [0.5, 0.6) is 0 Å². The molecule has 0 saturated heterocycles. The molecule has 3 nitrogen and oxygen atoms in total. The van der Waals surface area contributed by atoms with Crippen LogP contribution in [0.3, 0.4) is 0 Å². The number of nitrogens with one attached hydrogen (secondary N) is 2. The van der Waals surface area contributed by atoms with Crippen LogP contribution in [0.25, 0.3) is 0 Å². The first-order valence-electron chi connectivity index (χ1n) is 6.15. The quantitative estimate of drug-likeness (QED) is 0.665. The van der Waals surface area contributed by atoms with Gasteiger partial charge in [0.05, 0.1) is 6.54 Å². The van der Waals surface area contributed by atoms with Crippen LogP contribution in [0.4, 0.5) is 0 Å². The van der Waals surface area contributed by atoms with Crippen molar-refractivity contribution in [3.05, 3.63) is 23.7 Å². The summed E-state index contributed by atoms with van der Waals surface area (Å²) in [5, 5.41) is 6.79. The Kier molecular flexibility index (Phi) is 6.19. The lowest BCUT2D eigenvalue weighted by Gasteiger charge is -2.07. The summed E-state index contributed by atoms with van der Waals surface area (Å²) in [5.74, 6) is 2.74. The first kappa shape index (κ1) is 13.3. The number of aryl methyl sites for hydroxylation is 1. The zero-order chi connectivity index (χ0) is 11.8. The molecule has 0 fully saturated rings. The van der Waals surface area contributed by atoms with Crippen molar-refractivity contribution in [3.63, 3.8) is 0 Å². The Hall–Kier alpha value is -0.800. The topological polar surface area (TPSA) is 37.2 Å². The van der Waals surface area contributed by atoms with Gasteiger partial charge in [0.15, 0.2) is 0 Å². The molecule has 2 N–H and O–H groups in total. The van der Waals surface area contributed by atoms with Crippen LogP contribution in [0.1, 0.15) is 31.8 Å². The fourth-order valence-corrected chi connectivity index (χ4v) is 1.52. The Morgan fingerprint density at radius 2 is 1.94 bits per heavy atom. The predicted molar refractivity (Wildman–Crippen MR) is 67.5 cm³/mol. The highest BCUT2D eigenvalue weighted by molar-refractivity contribution is 5.04. The van der Waals surface area contributed by atoms with Crippen LogP contribution < -0.4 is 10.6 Å². The molecule has 0 saturated carbocycles. The summed E-state index contributed by atoms with van der Waals surface area (Å²) < 4.78 is 5.46. The molecule has 16 heavy (non-hydrogen) atoms. The summed E-state index contributed by atoms with van der Waals surface area (Å²) in [6.45, 7) is 10.5. The minimum Gasteiger partial charge on any atom is -0.465 e. The predicted octanol–water partition coefficient (Wildman–Crippen LogP) is 2.31. The molecule has 0 spiro atoms. The first-order valence-corrected chi connectivity index (χ1v) is 6.15. The largest absolute Gasteiger partial charge is 0.465 e.